The van der Waals surface area contributed by atoms with Crippen molar-refractivity contribution in [2.45, 2.75) is 18.9 Å². The maximum atomic E-state index is 11.7. The molecular formula is C15H21N3O2. The Kier molecular flexibility index (Phi) is 3.53. The summed E-state index contributed by atoms with van der Waals surface area (Å²) < 4.78 is 4.78. The van der Waals surface area contributed by atoms with Gasteiger partial charge in [0.1, 0.15) is 0 Å². The number of ether oxygens (including phenoxy) is 1. The van der Waals surface area contributed by atoms with Crippen LogP contribution in [0, 0.1) is 0 Å². The second kappa shape index (κ2) is 5.32. The van der Waals surface area contributed by atoms with Crippen LogP contribution >= 0.6 is 0 Å². The number of nitrogens with two attached hydrogens (primary N) is 1. The van der Waals surface area contributed by atoms with Gasteiger partial charge in [-0.1, -0.05) is 0 Å². The van der Waals surface area contributed by atoms with Crippen LogP contribution in [0.3, 0.4) is 0 Å². The van der Waals surface area contributed by atoms with Crippen LogP contribution in [0.15, 0.2) is 18.2 Å². The van der Waals surface area contributed by atoms with E-state index >= 15 is 0 Å². The Morgan fingerprint density at radius 1 is 1.35 bits per heavy atom. The second-order valence-corrected chi connectivity index (χ2v) is 5.54. The summed E-state index contributed by atoms with van der Waals surface area (Å²) in [6.07, 6.45) is 2.57. The molecule has 0 spiro atoms. The molecule has 1 aromatic carbocycles. The highest BCUT2D eigenvalue weighted by Gasteiger charge is 2.30. The van der Waals surface area contributed by atoms with E-state index in [0.717, 1.165) is 25.3 Å². The largest absolute Gasteiger partial charge is 0.465 e. The van der Waals surface area contributed by atoms with E-state index in [1.165, 1.54) is 26.5 Å². The maximum Gasteiger partial charge on any atom is 0.340 e. The number of methoxy groups -OCH3 is 1. The average Bonchev–Trinajstić information content (AvgIpc) is 2.94. The highest BCUT2D eigenvalue weighted by atomic mass is 16.5. The molecular weight excluding hydrogens is 254 g/mol. The van der Waals surface area contributed by atoms with Crippen LogP contribution < -0.4 is 10.6 Å². The van der Waals surface area contributed by atoms with E-state index in [4.69, 9.17) is 10.5 Å². The lowest BCUT2D eigenvalue weighted by molar-refractivity contribution is 0.0602. The SMILES string of the molecule is COC(=O)c1cc(N2CCN3CCCC3C2)ccc1N. The van der Waals surface area contributed by atoms with Crippen molar-refractivity contribution in [2.75, 3.05) is 43.9 Å². The van der Waals surface area contributed by atoms with Gasteiger partial charge in [0.2, 0.25) is 0 Å². The fourth-order valence-corrected chi connectivity index (χ4v) is 3.25. The summed E-state index contributed by atoms with van der Waals surface area (Å²) >= 11 is 0. The molecule has 1 aromatic rings. The highest BCUT2D eigenvalue weighted by molar-refractivity contribution is 5.96. The molecule has 0 bridgehead atoms. The Morgan fingerprint density at radius 2 is 2.20 bits per heavy atom. The Labute approximate surface area is 119 Å². The van der Waals surface area contributed by atoms with Gasteiger partial charge in [-0.15, -0.1) is 0 Å². The molecule has 5 nitrogen and oxygen atoms in total. The molecule has 0 amide bonds. The Hall–Kier alpha value is -1.75. The van der Waals surface area contributed by atoms with Crippen LogP contribution in [0.2, 0.25) is 0 Å². The van der Waals surface area contributed by atoms with E-state index in [-0.39, 0.29) is 5.97 Å². The molecule has 0 radical (unpaired) electrons. The number of nitrogen functional groups attached to an aromatic ring is 1. The van der Waals surface area contributed by atoms with Gasteiger partial charge in [-0.05, 0) is 37.6 Å². The van der Waals surface area contributed by atoms with Crippen molar-refractivity contribution >= 4 is 17.3 Å². The van der Waals surface area contributed by atoms with Gasteiger partial charge in [0.05, 0.1) is 12.7 Å². The van der Waals surface area contributed by atoms with E-state index in [1.54, 1.807) is 6.07 Å². The minimum absolute atomic E-state index is 0.371. The van der Waals surface area contributed by atoms with Gasteiger partial charge in [0, 0.05) is 37.1 Å². The lowest BCUT2D eigenvalue weighted by Gasteiger charge is -2.39. The van der Waals surface area contributed by atoms with E-state index in [1.807, 2.05) is 12.1 Å². The zero-order chi connectivity index (χ0) is 14.1. The molecule has 5 heteroatoms. The maximum absolute atomic E-state index is 11.7. The van der Waals surface area contributed by atoms with Gasteiger partial charge in [0.25, 0.3) is 0 Å². The number of hydrogen-bond acceptors (Lipinski definition) is 5. The first kappa shape index (κ1) is 13.2. The first-order valence-electron chi connectivity index (χ1n) is 7.16. The molecule has 2 aliphatic rings. The van der Waals surface area contributed by atoms with Crippen molar-refractivity contribution in [1.29, 1.82) is 0 Å². The normalized spacial score (nSPS) is 22.6. The number of carbonyl (C=O) groups excluding carboxylic acids is 1. The van der Waals surface area contributed by atoms with Gasteiger partial charge < -0.3 is 15.4 Å². The molecule has 20 heavy (non-hydrogen) atoms. The van der Waals surface area contributed by atoms with Crippen LogP contribution in [0.1, 0.15) is 23.2 Å². The first-order chi connectivity index (χ1) is 9.69. The van der Waals surface area contributed by atoms with Gasteiger partial charge in [-0.3, -0.25) is 4.90 Å². The lowest BCUT2D eigenvalue weighted by Crippen LogP contribution is -2.50. The number of nitrogens with zero attached hydrogens (tertiary/aromatic N) is 2. The predicted octanol–water partition coefficient (Wildman–Crippen LogP) is 1.34. The van der Waals surface area contributed by atoms with E-state index in [9.17, 15) is 4.79 Å². The van der Waals surface area contributed by atoms with Gasteiger partial charge in [0.15, 0.2) is 0 Å². The smallest absolute Gasteiger partial charge is 0.340 e. The number of esters is 1. The molecule has 2 N–H and O–H groups in total. The van der Waals surface area contributed by atoms with Crippen molar-refractivity contribution in [2.24, 2.45) is 0 Å². The van der Waals surface area contributed by atoms with Crippen molar-refractivity contribution in [3.63, 3.8) is 0 Å². The molecule has 3 rings (SSSR count). The molecule has 2 aliphatic heterocycles. The lowest BCUT2D eigenvalue weighted by atomic mass is 10.1. The fourth-order valence-electron chi connectivity index (χ4n) is 3.25. The zero-order valence-corrected chi connectivity index (χ0v) is 11.8. The van der Waals surface area contributed by atoms with Crippen LogP contribution in [0.5, 0.6) is 0 Å². The molecule has 0 saturated carbocycles. The van der Waals surface area contributed by atoms with Crippen LogP contribution in [-0.2, 0) is 4.74 Å². The minimum Gasteiger partial charge on any atom is -0.465 e. The topological polar surface area (TPSA) is 58.8 Å². The van der Waals surface area contributed by atoms with E-state index in [0.29, 0.717) is 17.3 Å². The van der Waals surface area contributed by atoms with Gasteiger partial charge in [-0.25, -0.2) is 4.79 Å². The second-order valence-electron chi connectivity index (χ2n) is 5.54. The molecule has 1 unspecified atom stereocenters. The van der Waals surface area contributed by atoms with E-state index in [2.05, 4.69) is 9.80 Å². The molecule has 1 atom stereocenters. The molecule has 0 aliphatic carbocycles. The zero-order valence-electron chi connectivity index (χ0n) is 11.8. The molecule has 2 saturated heterocycles. The third-order valence-electron chi connectivity index (χ3n) is 4.39. The van der Waals surface area contributed by atoms with Gasteiger partial charge >= 0.3 is 5.97 Å². The quantitative estimate of drug-likeness (QED) is 0.652. The number of piperazine rings is 1. The van der Waals surface area contributed by atoms with Crippen LogP contribution in [-0.4, -0.2) is 50.2 Å². The Morgan fingerprint density at radius 3 is 3.00 bits per heavy atom. The van der Waals surface area contributed by atoms with Crippen molar-refractivity contribution in [1.82, 2.24) is 4.90 Å². The third-order valence-corrected chi connectivity index (χ3v) is 4.39. The highest BCUT2D eigenvalue weighted by Crippen LogP contribution is 2.27. The van der Waals surface area contributed by atoms with Crippen molar-refractivity contribution < 1.29 is 9.53 Å². The number of hydrogen-bond donors (Lipinski definition) is 1. The van der Waals surface area contributed by atoms with Crippen LogP contribution in [0.25, 0.3) is 0 Å². The minimum atomic E-state index is -0.371. The summed E-state index contributed by atoms with van der Waals surface area (Å²) in [5, 5.41) is 0. The van der Waals surface area contributed by atoms with Crippen molar-refractivity contribution in [3.05, 3.63) is 23.8 Å². The predicted molar refractivity (Wildman–Crippen MR) is 79.0 cm³/mol. The molecule has 108 valence electrons. The summed E-state index contributed by atoms with van der Waals surface area (Å²) in [6.45, 7) is 4.36. The number of rotatable bonds is 2. The summed E-state index contributed by atoms with van der Waals surface area (Å²) in [4.78, 5) is 16.6. The average molecular weight is 275 g/mol. The Bertz CT molecular complexity index is 518. The summed E-state index contributed by atoms with van der Waals surface area (Å²) in [7, 11) is 1.38. The fraction of sp³-hybridized carbons (Fsp3) is 0.533. The summed E-state index contributed by atoms with van der Waals surface area (Å²) in [5.74, 6) is -0.371. The standard InChI is InChI=1S/C15H21N3O2/c1-20-15(19)13-9-11(4-5-14(13)16)18-8-7-17-6-2-3-12(17)10-18/h4-5,9,12H,2-3,6-8,10,16H2,1H3. The summed E-state index contributed by atoms with van der Waals surface area (Å²) in [6, 6.07) is 6.30. The molecule has 2 heterocycles. The summed E-state index contributed by atoms with van der Waals surface area (Å²) in [5.41, 5.74) is 7.84. The number of fused-ring (bicyclic) bond motifs is 1. The number of benzene rings is 1. The molecule has 0 aromatic heterocycles. The first-order valence-corrected chi connectivity index (χ1v) is 7.16. The van der Waals surface area contributed by atoms with Gasteiger partial charge in [-0.2, -0.15) is 0 Å². The Balaban J connectivity index is 1.81. The third kappa shape index (κ3) is 2.33. The van der Waals surface area contributed by atoms with Crippen molar-refractivity contribution in [3.8, 4) is 0 Å². The van der Waals surface area contributed by atoms with E-state index < -0.39 is 0 Å². The molecule has 2 fully saturated rings. The number of carbonyl (C=O) groups is 1. The van der Waals surface area contributed by atoms with Crippen LogP contribution in [0.4, 0.5) is 11.4 Å². The monoisotopic (exact) mass is 275 g/mol. The number of anilines is 2.